The van der Waals surface area contributed by atoms with Gasteiger partial charge in [0.05, 0.1) is 24.5 Å². The number of ether oxygens (including phenoxy) is 1. The molecule has 0 aliphatic carbocycles. The van der Waals surface area contributed by atoms with Crippen molar-refractivity contribution in [2.45, 2.75) is 31.0 Å². The molecule has 1 aromatic heterocycles. The Labute approximate surface area is 182 Å². The number of amides is 1. The van der Waals surface area contributed by atoms with E-state index in [0.717, 1.165) is 0 Å². The molecule has 0 fully saturated rings. The van der Waals surface area contributed by atoms with Crippen LogP contribution in [-0.2, 0) is 17.1 Å². The van der Waals surface area contributed by atoms with Crippen molar-refractivity contribution < 1.29 is 23.1 Å². The molecule has 170 valence electrons. The highest BCUT2D eigenvalue weighted by molar-refractivity contribution is 7.92. The first-order chi connectivity index (χ1) is 14.7. The second-order valence-corrected chi connectivity index (χ2v) is 9.50. The molecule has 1 aliphatic rings. The summed E-state index contributed by atoms with van der Waals surface area (Å²) in [6.45, 7) is 4.55. The molecule has 1 amide bonds. The summed E-state index contributed by atoms with van der Waals surface area (Å²) in [5.74, 6) is 0.0544. The van der Waals surface area contributed by atoms with Crippen LogP contribution in [0.4, 0.5) is 5.69 Å². The van der Waals surface area contributed by atoms with E-state index in [9.17, 15) is 18.3 Å². The summed E-state index contributed by atoms with van der Waals surface area (Å²) in [6, 6.07) is 4.20. The maximum absolute atomic E-state index is 13.3. The minimum atomic E-state index is -3.91. The minimum absolute atomic E-state index is 0.0147. The molecule has 10 nitrogen and oxygen atoms in total. The van der Waals surface area contributed by atoms with Crippen molar-refractivity contribution in [3.63, 3.8) is 0 Å². The fourth-order valence-electron chi connectivity index (χ4n) is 3.47. The number of nitrogens with zero attached hydrogens (tertiary/aromatic N) is 3. The number of imidazole rings is 1. The minimum Gasteiger partial charge on any atom is -0.488 e. The number of carbonyl (C=O) groups is 1. The zero-order valence-electron chi connectivity index (χ0n) is 18.1. The summed E-state index contributed by atoms with van der Waals surface area (Å²) in [7, 11) is -0.416. The lowest BCUT2D eigenvalue weighted by Crippen LogP contribution is -2.49. The van der Waals surface area contributed by atoms with Crippen LogP contribution in [-0.4, -0.2) is 72.8 Å². The van der Waals surface area contributed by atoms with E-state index >= 15 is 0 Å². The van der Waals surface area contributed by atoms with E-state index in [1.807, 2.05) is 14.0 Å². The molecular formula is C20H29N5O5S. The number of anilines is 1. The number of benzene rings is 1. The van der Waals surface area contributed by atoms with Gasteiger partial charge in [-0.05, 0) is 32.2 Å². The third-order valence-corrected chi connectivity index (χ3v) is 6.54. The molecule has 11 heteroatoms. The van der Waals surface area contributed by atoms with Gasteiger partial charge >= 0.3 is 0 Å². The maximum atomic E-state index is 13.3. The Balaban J connectivity index is 2.00. The number of aryl methyl sites for hydroxylation is 1. The molecule has 1 aromatic carbocycles. The number of aromatic nitrogens is 2. The van der Waals surface area contributed by atoms with E-state index in [-0.39, 0.29) is 40.8 Å². The van der Waals surface area contributed by atoms with Crippen LogP contribution in [0.25, 0.3) is 0 Å². The third kappa shape index (κ3) is 5.00. The average Bonchev–Trinajstić information content (AvgIpc) is 3.18. The van der Waals surface area contributed by atoms with Gasteiger partial charge in [0.1, 0.15) is 11.9 Å². The smallest absolute Gasteiger partial charge is 0.280 e. The van der Waals surface area contributed by atoms with Crippen LogP contribution in [0.2, 0.25) is 0 Å². The summed E-state index contributed by atoms with van der Waals surface area (Å²) in [5.41, 5.74) is 0.450. The van der Waals surface area contributed by atoms with E-state index in [0.29, 0.717) is 18.8 Å². The number of likely N-dealkylation sites (N-methyl/N-ethyl adjacent to an activating group) is 1. The predicted molar refractivity (Wildman–Crippen MR) is 116 cm³/mol. The zero-order chi connectivity index (χ0) is 22.8. The second kappa shape index (κ2) is 9.25. The Morgan fingerprint density at radius 3 is 2.74 bits per heavy atom. The number of hydrogen-bond acceptors (Lipinski definition) is 7. The molecule has 1 aliphatic heterocycles. The fraction of sp³-hybridized carbons (Fsp3) is 0.500. The van der Waals surface area contributed by atoms with Crippen LogP contribution < -0.4 is 14.8 Å². The Hall–Kier alpha value is -2.63. The molecule has 3 atom stereocenters. The number of carbonyl (C=O) groups excluding carboxylic acids is 1. The molecule has 0 spiro atoms. The summed E-state index contributed by atoms with van der Waals surface area (Å²) >= 11 is 0. The van der Waals surface area contributed by atoms with Gasteiger partial charge in [0.2, 0.25) is 0 Å². The van der Waals surface area contributed by atoms with Crippen LogP contribution in [0.3, 0.4) is 0 Å². The Kier molecular flexibility index (Phi) is 6.87. The normalized spacial score (nSPS) is 20.4. The number of aliphatic hydroxyl groups excluding tert-OH is 1. The molecule has 3 N–H and O–H groups in total. The molecule has 2 heterocycles. The summed E-state index contributed by atoms with van der Waals surface area (Å²) in [4.78, 5) is 18.8. The zero-order valence-corrected chi connectivity index (χ0v) is 18.9. The topological polar surface area (TPSA) is 126 Å². The number of fused-ring (bicyclic) bond motifs is 1. The van der Waals surface area contributed by atoms with Crippen molar-refractivity contribution >= 4 is 21.6 Å². The van der Waals surface area contributed by atoms with Crippen LogP contribution in [0.1, 0.15) is 24.2 Å². The summed E-state index contributed by atoms with van der Waals surface area (Å²) in [5, 5.41) is 12.6. The average molecular weight is 452 g/mol. The van der Waals surface area contributed by atoms with Crippen molar-refractivity contribution in [3.8, 4) is 5.75 Å². The van der Waals surface area contributed by atoms with Crippen LogP contribution >= 0.6 is 0 Å². The van der Waals surface area contributed by atoms with E-state index in [4.69, 9.17) is 4.74 Å². The SMILES string of the molecule is CNC[C@@H]1Oc2ccc(NS(=O)(=O)c3cn(C)cn3)cc2C(=O)N([C@H](C)CO)C[C@@H]1C. The lowest BCUT2D eigenvalue weighted by molar-refractivity contribution is 0.0416. The van der Waals surface area contributed by atoms with Crippen molar-refractivity contribution in [1.82, 2.24) is 19.8 Å². The van der Waals surface area contributed by atoms with E-state index < -0.39 is 16.1 Å². The first kappa shape index (κ1) is 23.0. The fourth-order valence-corrected chi connectivity index (χ4v) is 4.50. The molecule has 2 aromatic rings. The van der Waals surface area contributed by atoms with Crippen molar-refractivity contribution in [1.29, 1.82) is 0 Å². The van der Waals surface area contributed by atoms with Gasteiger partial charge in [0.25, 0.3) is 15.9 Å². The highest BCUT2D eigenvalue weighted by Gasteiger charge is 2.33. The first-order valence-electron chi connectivity index (χ1n) is 10.0. The number of hydrogen-bond donors (Lipinski definition) is 3. The molecular weight excluding hydrogens is 422 g/mol. The Morgan fingerprint density at radius 1 is 1.39 bits per heavy atom. The lowest BCUT2D eigenvalue weighted by atomic mass is 9.99. The van der Waals surface area contributed by atoms with Gasteiger partial charge in [-0.3, -0.25) is 9.52 Å². The standard InChI is InChI=1S/C20H29N5O5S/c1-13-9-25(14(2)11-26)20(27)16-7-15(5-6-17(16)30-18(13)8-21-3)23-31(28,29)19-10-24(4)12-22-19/h5-7,10,12-14,18,21,23,26H,8-9,11H2,1-4H3/t13-,14+,18-/m0/s1. The van der Waals surface area contributed by atoms with Gasteiger partial charge in [-0.25, -0.2) is 4.98 Å². The van der Waals surface area contributed by atoms with Gasteiger partial charge in [0.15, 0.2) is 5.03 Å². The van der Waals surface area contributed by atoms with Crippen LogP contribution in [0, 0.1) is 5.92 Å². The van der Waals surface area contributed by atoms with Gasteiger partial charge in [-0.2, -0.15) is 8.42 Å². The van der Waals surface area contributed by atoms with Gasteiger partial charge < -0.3 is 24.6 Å². The number of sulfonamides is 1. The summed E-state index contributed by atoms with van der Waals surface area (Å²) < 4.78 is 35.4. The molecule has 31 heavy (non-hydrogen) atoms. The molecule has 0 unspecified atom stereocenters. The quantitative estimate of drug-likeness (QED) is 0.565. The maximum Gasteiger partial charge on any atom is 0.280 e. The van der Waals surface area contributed by atoms with Gasteiger partial charge in [-0.1, -0.05) is 6.92 Å². The highest BCUT2D eigenvalue weighted by Crippen LogP contribution is 2.31. The lowest BCUT2D eigenvalue weighted by Gasteiger charge is -2.37. The van der Waals surface area contributed by atoms with Gasteiger partial charge in [0, 0.05) is 37.9 Å². The Bertz CT molecular complexity index is 1040. The predicted octanol–water partition coefficient (Wildman–Crippen LogP) is 0.660. The van der Waals surface area contributed by atoms with Crippen LogP contribution in [0.15, 0.2) is 35.7 Å². The molecule has 0 radical (unpaired) electrons. The largest absolute Gasteiger partial charge is 0.488 e. The second-order valence-electron chi connectivity index (χ2n) is 7.87. The number of aliphatic hydroxyl groups is 1. The van der Waals surface area contributed by atoms with Crippen LogP contribution in [0.5, 0.6) is 5.75 Å². The van der Waals surface area contributed by atoms with Crippen molar-refractivity contribution in [2.24, 2.45) is 13.0 Å². The highest BCUT2D eigenvalue weighted by atomic mass is 32.2. The number of rotatable bonds is 7. The van der Waals surface area contributed by atoms with E-state index in [2.05, 4.69) is 15.0 Å². The monoisotopic (exact) mass is 451 g/mol. The molecule has 0 saturated heterocycles. The first-order valence-corrected chi connectivity index (χ1v) is 11.5. The Morgan fingerprint density at radius 2 is 2.13 bits per heavy atom. The van der Waals surface area contributed by atoms with Gasteiger partial charge in [-0.15, -0.1) is 0 Å². The molecule has 3 rings (SSSR count). The summed E-state index contributed by atoms with van der Waals surface area (Å²) in [6.07, 6.45) is 2.57. The molecule has 0 bridgehead atoms. The van der Waals surface area contributed by atoms with E-state index in [1.165, 1.54) is 23.2 Å². The van der Waals surface area contributed by atoms with Crippen molar-refractivity contribution in [2.75, 3.05) is 31.5 Å². The third-order valence-electron chi connectivity index (χ3n) is 5.28. The van der Waals surface area contributed by atoms with E-state index in [1.54, 1.807) is 31.0 Å². The number of nitrogens with one attached hydrogen (secondary N) is 2. The molecule has 0 saturated carbocycles. The van der Waals surface area contributed by atoms with Crippen molar-refractivity contribution in [3.05, 3.63) is 36.3 Å².